The van der Waals surface area contributed by atoms with Crippen molar-refractivity contribution in [2.24, 2.45) is 0 Å². The first-order valence-electron chi connectivity index (χ1n) is 10.1. The molecule has 0 spiro atoms. The van der Waals surface area contributed by atoms with E-state index in [0.717, 1.165) is 33.9 Å². The molecule has 6 nitrogen and oxygen atoms in total. The van der Waals surface area contributed by atoms with Gasteiger partial charge in [-0.3, -0.25) is 9.36 Å². The molecule has 0 bridgehead atoms. The zero-order valence-corrected chi connectivity index (χ0v) is 22.0. The first-order chi connectivity index (χ1) is 15.7. The van der Waals surface area contributed by atoms with Gasteiger partial charge in [0, 0.05) is 11.4 Å². The monoisotopic (exact) mass is 580 g/mol. The van der Waals surface area contributed by atoms with Crippen LogP contribution in [0, 0.1) is 27.7 Å². The van der Waals surface area contributed by atoms with Crippen molar-refractivity contribution in [2.45, 2.75) is 40.8 Å². The topological polar surface area (TPSA) is 76.1 Å². The number of aromatic nitrogens is 4. The van der Waals surface area contributed by atoms with E-state index in [0.29, 0.717) is 24.6 Å². The van der Waals surface area contributed by atoms with Crippen molar-refractivity contribution < 1.29 is 26.2 Å². The summed E-state index contributed by atoms with van der Waals surface area (Å²) in [6.45, 7) is 9.42. The third-order valence-electron chi connectivity index (χ3n) is 4.69. The fourth-order valence-corrected chi connectivity index (χ4v) is 3.33. The van der Waals surface area contributed by atoms with Gasteiger partial charge in [-0.1, -0.05) is 24.3 Å². The van der Waals surface area contributed by atoms with Crippen LogP contribution in [0.4, 0.5) is 0 Å². The Hall–Kier alpha value is -2.30. The van der Waals surface area contributed by atoms with Gasteiger partial charge in [0.25, 0.3) is 0 Å². The molecule has 0 unspecified atom stereocenters. The standard InChI is InChI=1S/2C12H14N2O.2ClH.Pd/c2*1-9-6-10(2)14(13-9)8-11-4-3-5-12(15)7-11;;;/h2*3-7,15H,8H2,1-2H3;2*1H;/q;;;;+2/p-2. The molecule has 2 heterocycles. The number of halogens is 2. The molecule has 0 fully saturated rings. The molecule has 0 radical (unpaired) electrons. The van der Waals surface area contributed by atoms with Gasteiger partial charge in [-0.25, -0.2) is 0 Å². The van der Waals surface area contributed by atoms with Crippen LogP contribution in [-0.4, -0.2) is 29.8 Å². The predicted octanol–water partition coefficient (Wildman–Crippen LogP) is 5.88. The molecule has 2 aromatic carbocycles. The first kappa shape index (κ1) is 27.0. The van der Waals surface area contributed by atoms with E-state index < -0.39 is 0 Å². The van der Waals surface area contributed by atoms with Crippen molar-refractivity contribution in [3.63, 3.8) is 0 Å². The van der Waals surface area contributed by atoms with Gasteiger partial charge in [0.1, 0.15) is 11.5 Å². The second-order valence-corrected chi connectivity index (χ2v) is 9.91. The Balaban J connectivity index is 0.000000209. The number of hydrogen-bond donors (Lipinski definition) is 2. The summed E-state index contributed by atoms with van der Waals surface area (Å²) in [6, 6.07) is 18.6. The number of aryl methyl sites for hydroxylation is 4. The van der Waals surface area contributed by atoms with Gasteiger partial charge in [0.05, 0.1) is 24.5 Å². The Bertz CT molecular complexity index is 1070. The Morgan fingerprint density at radius 2 is 1.06 bits per heavy atom. The Kier molecular flexibility index (Phi) is 11.0. The molecule has 9 heteroatoms. The molecule has 33 heavy (non-hydrogen) atoms. The normalized spacial score (nSPS) is 10.2. The molecule has 0 amide bonds. The summed E-state index contributed by atoms with van der Waals surface area (Å²) >= 11 is -0.106. The van der Waals surface area contributed by atoms with Crippen LogP contribution in [0.15, 0.2) is 60.7 Å². The van der Waals surface area contributed by atoms with Crippen LogP contribution in [0.2, 0.25) is 0 Å². The van der Waals surface area contributed by atoms with E-state index in [1.54, 1.807) is 24.3 Å². The molecule has 180 valence electrons. The van der Waals surface area contributed by atoms with Crippen LogP contribution in [-0.2, 0) is 29.0 Å². The zero-order valence-electron chi connectivity index (χ0n) is 18.9. The molecule has 0 aliphatic rings. The minimum absolute atomic E-state index is 0.106. The Morgan fingerprint density at radius 3 is 1.33 bits per heavy atom. The number of aromatic hydroxyl groups is 2. The van der Waals surface area contributed by atoms with Crippen molar-refractivity contribution in [1.82, 2.24) is 19.6 Å². The molecule has 0 aliphatic carbocycles. The van der Waals surface area contributed by atoms with Crippen molar-refractivity contribution >= 4 is 19.1 Å². The van der Waals surface area contributed by atoms with Crippen LogP contribution in [0.1, 0.15) is 33.9 Å². The number of phenolic OH excluding ortho intramolecular Hbond substituents is 2. The van der Waals surface area contributed by atoms with Gasteiger partial charge in [-0.15, -0.1) is 0 Å². The fourth-order valence-electron chi connectivity index (χ4n) is 3.33. The maximum absolute atomic E-state index is 9.34. The van der Waals surface area contributed by atoms with E-state index in [-0.39, 0.29) is 15.9 Å². The summed E-state index contributed by atoms with van der Waals surface area (Å²) in [5.41, 5.74) is 6.43. The molecule has 0 saturated heterocycles. The van der Waals surface area contributed by atoms with Gasteiger partial charge < -0.3 is 10.2 Å². The van der Waals surface area contributed by atoms with E-state index in [2.05, 4.69) is 10.2 Å². The fraction of sp³-hybridized carbons (Fsp3) is 0.250. The molecule has 0 saturated carbocycles. The van der Waals surface area contributed by atoms with E-state index in [1.807, 2.05) is 73.5 Å². The molecule has 4 aromatic rings. The SMILES string of the molecule is Cc1cc(C)n(Cc2cccc(O)c2)n1.Cc1cc(C)n(Cc2cccc(O)c2)n1.[Cl][Pd][Cl]. The summed E-state index contributed by atoms with van der Waals surface area (Å²) in [6.07, 6.45) is 0. The van der Waals surface area contributed by atoms with Gasteiger partial charge in [-0.2, -0.15) is 10.2 Å². The second kappa shape index (κ2) is 13.4. The van der Waals surface area contributed by atoms with Gasteiger partial charge in [-0.05, 0) is 75.2 Å². The molecular formula is C24H28Cl2N4O2Pd. The molecule has 0 atom stereocenters. The van der Waals surface area contributed by atoms with Crippen molar-refractivity contribution in [3.8, 4) is 11.5 Å². The summed E-state index contributed by atoms with van der Waals surface area (Å²) < 4.78 is 3.87. The number of hydrogen-bond acceptors (Lipinski definition) is 4. The Labute approximate surface area is 210 Å². The third-order valence-corrected chi connectivity index (χ3v) is 4.69. The molecular weight excluding hydrogens is 554 g/mol. The molecule has 2 N–H and O–H groups in total. The van der Waals surface area contributed by atoms with Gasteiger partial charge in [0.2, 0.25) is 0 Å². The molecule has 4 rings (SSSR count). The van der Waals surface area contributed by atoms with Gasteiger partial charge in [0.15, 0.2) is 0 Å². The number of nitrogens with zero attached hydrogens (tertiary/aromatic N) is 4. The van der Waals surface area contributed by atoms with Crippen molar-refractivity contribution in [3.05, 3.63) is 94.6 Å². The Morgan fingerprint density at radius 1 is 0.697 bits per heavy atom. The third kappa shape index (κ3) is 9.23. The van der Waals surface area contributed by atoms with E-state index >= 15 is 0 Å². The molecule has 0 aliphatic heterocycles. The van der Waals surface area contributed by atoms with E-state index in [4.69, 9.17) is 19.1 Å². The minimum atomic E-state index is -0.106. The quantitative estimate of drug-likeness (QED) is 0.295. The van der Waals surface area contributed by atoms with Gasteiger partial charge >= 0.3 is 35.0 Å². The summed E-state index contributed by atoms with van der Waals surface area (Å²) in [7, 11) is 9.63. The molecule has 2 aromatic heterocycles. The zero-order chi connectivity index (χ0) is 24.4. The van der Waals surface area contributed by atoms with Crippen LogP contribution >= 0.6 is 19.1 Å². The average Bonchev–Trinajstić information content (AvgIpc) is 3.22. The second-order valence-electron chi connectivity index (χ2n) is 7.55. The van der Waals surface area contributed by atoms with Crippen LogP contribution in [0.3, 0.4) is 0 Å². The summed E-state index contributed by atoms with van der Waals surface area (Å²) in [5, 5.41) is 27.4. The van der Waals surface area contributed by atoms with E-state index in [1.165, 1.54) is 0 Å². The average molecular weight is 582 g/mol. The van der Waals surface area contributed by atoms with Crippen LogP contribution < -0.4 is 0 Å². The predicted molar refractivity (Wildman–Crippen MR) is 130 cm³/mol. The number of phenols is 2. The maximum atomic E-state index is 9.34. The summed E-state index contributed by atoms with van der Waals surface area (Å²) in [5.74, 6) is 0.600. The number of rotatable bonds is 4. The van der Waals surface area contributed by atoms with Crippen LogP contribution in [0.25, 0.3) is 0 Å². The van der Waals surface area contributed by atoms with Crippen molar-refractivity contribution in [1.29, 1.82) is 0 Å². The first-order valence-corrected chi connectivity index (χ1v) is 14.1. The summed E-state index contributed by atoms with van der Waals surface area (Å²) in [4.78, 5) is 0. The number of benzene rings is 2. The van der Waals surface area contributed by atoms with Crippen molar-refractivity contribution in [2.75, 3.05) is 0 Å². The van der Waals surface area contributed by atoms with Crippen LogP contribution in [0.5, 0.6) is 11.5 Å². The van der Waals surface area contributed by atoms with E-state index in [9.17, 15) is 10.2 Å².